The minimum atomic E-state index is -4.29. The van der Waals surface area contributed by atoms with Gasteiger partial charge in [0.25, 0.3) is 0 Å². The van der Waals surface area contributed by atoms with Gasteiger partial charge in [0, 0.05) is 13.6 Å². The molecule has 8 heteroatoms. The Kier molecular flexibility index (Phi) is 4.22. The van der Waals surface area contributed by atoms with Crippen LogP contribution in [0.25, 0.3) is 0 Å². The summed E-state index contributed by atoms with van der Waals surface area (Å²) >= 11 is 0. The summed E-state index contributed by atoms with van der Waals surface area (Å²) in [5.41, 5.74) is 6.88. The molecular weight excluding hydrogens is 237 g/mol. The van der Waals surface area contributed by atoms with Gasteiger partial charge in [-0.15, -0.1) is 0 Å². The number of hydrogen-bond donors (Lipinski definition) is 2. The Morgan fingerprint density at radius 1 is 1.47 bits per heavy atom. The molecule has 0 radical (unpaired) electrons. The van der Waals surface area contributed by atoms with Crippen LogP contribution in [-0.2, 0) is 11.8 Å². The van der Waals surface area contributed by atoms with E-state index in [4.69, 9.17) is 5.73 Å². The van der Waals surface area contributed by atoms with Crippen molar-refractivity contribution in [1.29, 1.82) is 0 Å². The van der Waals surface area contributed by atoms with Gasteiger partial charge in [-0.25, -0.2) is 0 Å². The number of nitrogens with zero attached hydrogens (tertiary/aromatic N) is 2. The fraction of sp³-hybridized carbons (Fsp3) is 0.667. The molecule has 0 saturated heterocycles. The summed E-state index contributed by atoms with van der Waals surface area (Å²) < 4.78 is 41.3. The molecule has 0 saturated carbocycles. The lowest BCUT2D eigenvalue weighted by atomic mass is 10.4. The van der Waals surface area contributed by atoms with Gasteiger partial charge in [0.05, 0.1) is 18.0 Å². The van der Waals surface area contributed by atoms with Gasteiger partial charge in [0.15, 0.2) is 0 Å². The van der Waals surface area contributed by atoms with E-state index in [1.165, 1.54) is 4.68 Å². The van der Waals surface area contributed by atoms with Crippen LogP contribution in [0, 0.1) is 6.92 Å². The summed E-state index contributed by atoms with van der Waals surface area (Å²) in [6, 6.07) is 0. The van der Waals surface area contributed by atoms with Crippen molar-refractivity contribution in [1.82, 2.24) is 9.78 Å². The van der Waals surface area contributed by atoms with Crippen molar-refractivity contribution in [3.8, 4) is 0 Å². The Hall–Kier alpha value is -1.44. The average Bonchev–Trinajstić information content (AvgIpc) is 2.42. The van der Waals surface area contributed by atoms with E-state index >= 15 is 0 Å². The number of alkyl halides is 3. The van der Waals surface area contributed by atoms with Crippen LogP contribution >= 0.6 is 0 Å². The first-order valence-corrected chi connectivity index (χ1v) is 4.98. The predicted octanol–water partition coefficient (Wildman–Crippen LogP) is 1.30. The van der Waals surface area contributed by atoms with Crippen LogP contribution in [0.5, 0.6) is 0 Å². The van der Waals surface area contributed by atoms with Gasteiger partial charge in [-0.3, -0.25) is 4.68 Å². The van der Waals surface area contributed by atoms with Gasteiger partial charge < -0.3 is 15.8 Å². The minimum Gasteiger partial charge on any atom is -0.394 e. The molecule has 1 rings (SSSR count). The summed E-state index contributed by atoms with van der Waals surface area (Å²) in [4.78, 5) is 0. The van der Waals surface area contributed by atoms with Gasteiger partial charge in [0.2, 0.25) is 0 Å². The van der Waals surface area contributed by atoms with E-state index in [-0.39, 0.29) is 13.2 Å². The van der Waals surface area contributed by atoms with Crippen molar-refractivity contribution < 1.29 is 17.9 Å². The molecule has 0 spiro atoms. The van der Waals surface area contributed by atoms with E-state index in [1.807, 2.05) is 0 Å². The molecule has 0 aliphatic heterocycles. The number of nitrogens with one attached hydrogen (secondary N) is 1. The molecule has 0 bridgehead atoms. The number of nitrogens with two attached hydrogens (primary N) is 1. The lowest BCUT2D eigenvalue weighted by molar-refractivity contribution is -0.172. The molecule has 1 aromatic heterocycles. The summed E-state index contributed by atoms with van der Waals surface area (Å²) in [5, 5.41) is 6.93. The van der Waals surface area contributed by atoms with Crippen molar-refractivity contribution in [3.63, 3.8) is 0 Å². The Bertz CT molecular complexity index is 375. The van der Waals surface area contributed by atoms with Crippen LogP contribution in [0.1, 0.15) is 5.69 Å². The second-order valence-electron chi connectivity index (χ2n) is 3.57. The van der Waals surface area contributed by atoms with E-state index < -0.39 is 12.8 Å². The summed E-state index contributed by atoms with van der Waals surface area (Å²) in [7, 11) is 1.70. The third-order valence-corrected chi connectivity index (χ3v) is 2.07. The molecule has 98 valence electrons. The zero-order valence-corrected chi connectivity index (χ0v) is 9.64. The summed E-state index contributed by atoms with van der Waals surface area (Å²) in [6.07, 6.45) is -4.29. The molecule has 0 aromatic carbocycles. The molecule has 0 fully saturated rings. The molecule has 0 atom stereocenters. The van der Waals surface area contributed by atoms with Crippen molar-refractivity contribution in [2.45, 2.75) is 13.1 Å². The van der Waals surface area contributed by atoms with Crippen LogP contribution in [-0.4, -0.2) is 35.7 Å². The first-order chi connectivity index (χ1) is 7.81. The lowest BCUT2D eigenvalue weighted by Gasteiger charge is -2.09. The molecule has 17 heavy (non-hydrogen) atoms. The van der Waals surface area contributed by atoms with Crippen molar-refractivity contribution in [2.24, 2.45) is 7.05 Å². The van der Waals surface area contributed by atoms with Crippen molar-refractivity contribution in [2.75, 3.05) is 30.8 Å². The standard InChI is InChI=1S/C9H15F3N4O/c1-6-7(13)8(16(2)15-6)14-3-4-17-5-9(10,11)12/h14H,3-5,13H2,1-2H3. The number of ether oxygens (including phenoxy) is 1. The molecular formula is C9H15F3N4O. The van der Waals surface area contributed by atoms with Gasteiger partial charge in [0.1, 0.15) is 12.4 Å². The Labute approximate surface area is 96.7 Å². The number of hydrogen-bond acceptors (Lipinski definition) is 4. The maximum atomic E-state index is 11.8. The normalized spacial score (nSPS) is 11.8. The van der Waals surface area contributed by atoms with E-state index in [0.717, 1.165) is 0 Å². The molecule has 1 heterocycles. The van der Waals surface area contributed by atoms with E-state index in [0.29, 0.717) is 17.2 Å². The van der Waals surface area contributed by atoms with Gasteiger partial charge in [-0.1, -0.05) is 0 Å². The number of halogens is 3. The van der Waals surface area contributed by atoms with Crippen molar-refractivity contribution >= 4 is 11.5 Å². The number of rotatable bonds is 5. The van der Waals surface area contributed by atoms with E-state index in [1.54, 1.807) is 14.0 Å². The van der Waals surface area contributed by atoms with E-state index in [2.05, 4.69) is 15.2 Å². The number of anilines is 2. The third-order valence-electron chi connectivity index (χ3n) is 2.07. The topological polar surface area (TPSA) is 65.1 Å². The largest absolute Gasteiger partial charge is 0.411 e. The maximum absolute atomic E-state index is 11.8. The zero-order chi connectivity index (χ0) is 13.1. The fourth-order valence-corrected chi connectivity index (χ4v) is 1.31. The Morgan fingerprint density at radius 2 is 2.12 bits per heavy atom. The monoisotopic (exact) mass is 252 g/mol. The summed E-state index contributed by atoms with van der Waals surface area (Å²) in [6.45, 7) is 0.692. The second-order valence-corrected chi connectivity index (χ2v) is 3.57. The van der Waals surface area contributed by atoms with Crippen LogP contribution in [0.2, 0.25) is 0 Å². The fourth-order valence-electron chi connectivity index (χ4n) is 1.31. The molecule has 0 unspecified atom stereocenters. The first kappa shape index (κ1) is 13.6. The molecule has 3 N–H and O–H groups in total. The Morgan fingerprint density at radius 3 is 2.59 bits per heavy atom. The van der Waals surface area contributed by atoms with Gasteiger partial charge >= 0.3 is 6.18 Å². The highest BCUT2D eigenvalue weighted by Gasteiger charge is 2.27. The lowest BCUT2D eigenvalue weighted by Crippen LogP contribution is -2.20. The van der Waals surface area contributed by atoms with Crippen LogP contribution in [0.15, 0.2) is 0 Å². The van der Waals surface area contributed by atoms with Crippen LogP contribution in [0.3, 0.4) is 0 Å². The minimum absolute atomic E-state index is 0.0524. The second kappa shape index (κ2) is 5.26. The van der Waals surface area contributed by atoms with Crippen LogP contribution in [0.4, 0.5) is 24.7 Å². The molecule has 5 nitrogen and oxygen atoms in total. The summed E-state index contributed by atoms with van der Waals surface area (Å²) in [5.74, 6) is 0.582. The highest BCUT2D eigenvalue weighted by Crippen LogP contribution is 2.20. The highest BCUT2D eigenvalue weighted by molar-refractivity contribution is 5.64. The molecule has 0 aliphatic rings. The first-order valence-electron chi connectivity index (χ1n) is 4.98. The predicted molar refractivity (Wildman–Crippen MR) is 57.7 cm³/mol. The highest BCUT2D eigenvalue weighted by atomic mass is 19.4. The molecule has 1 aromatic rings. The molecule has 0 amide bonds. The van der Waals surface area contributed by atoms with E-state index in [9.17, 15) is 13.2 Å². The maximum Gasteiger partial charge on any atom is 0.411 e. The Balaban J connectivity index is 2.32. The van der Waals surface area contributed by atoms with Gasteiger partial charge in [-0.05, 0) is 6.92 Å². The molecule has 0 aliphatic carbocycles. The van der Waals surface area contributed by atoms with Crippen molar-refractivity contribution in [3.05, 3.63) is 5.69 Å². The SMILES string of the molecule is Cc1nn(C)c(NCCOCC(F)(F)F)c1N. The van der Waals surface area contributed by atoms with Crippen LogP contribution < -0.4 is 11.1 Å². The third kappa shape index (κ3) is 4.14. The smallest absolute Gasteiger partial charge is 0.394 e. The van der Waals surface area contributed by atoms with Gasteiger partial charge in [-0.2, -0.15) is 18.3 Å². The number of nitrogen functional groups attached to an aromatic ring is 1. The number of aromatic nitrogens is 2. The number of aryl methyl sites for hydroxylation is 2. The zero-order valence-electron chi connectivity index (χ0n) is 9.64. The quantitative estimate of drug-likeness (QED) is 0.775. The average molecular weight is 252 g/mol.